The largest absolute Gasteiger partial charge is 1.00 e. The van der Waals surface area contributed by atoms with Crippen LogP contribution in [-0.4, -0.2) is 60.5 Å². The van der Waals surface area contributed by atoms with Crippen molar-refractivity contribution in [2.24, 2.45) is 20.4 Å². The molecule has 2 aliphatic rings. The van der Waals surface area contributed by atoms with Crippen molar-refractivity contribution in [1.29, 1.82) is 10.8 Å². The van der Waals surface area contributed by atoms with Crippen LogP contribution < -0.4 is 80.0 Å². The van der Waals surface area contributed by atoms with Crippen molar-refractivity contribution in [2.45, 2.75) is 23.6 Å². The van der Waals surface area contributed by atoms with Crippen LogP contribution in [0.4, 0.5) is 22.7 Å². The molecule has 0 fully saturated rings. The normalized spacial score (nSPS) is 15.9. The molecule has 2 aliphatic heterocycles. The first-order valence-electron chi connectivity index (χ1n) is 14.8. The van der Waals surface area contributed by atoms with Crippen LogP contribution in [0.15, 0.2) is 115 Å². The number of hydrogen-bond donors (Lipinski definition) is 4. The molecule has 4 aromatic rings. The average molecular weight is 826 g/mol. The Balaban J connectivity index is 0.00000325. The summed E-state index contributed by atoms with van der Waals surface area (Å²) in [6.45, 7) is 3.25. The summed E-state index contributed by atoms with van der Waals surface area (Å²) in [5.74, 6) is -0.293. The smallest absolute Gasteiger partial charge is 0.744 e. The zero-order valence-corrected chi connectivity index (χ0v) is 35.9. The molecule has 0 bridgehead atoms. The molecule has 16 nitrogen and oxygen atoms in total. The molecule has 0 spiro atoms. The van der Waals surface area contributed by atoms with Crippen LogP contribution in [0.2, 0.25) is 10.0 Å². The van der Waals surface area contributed by atoms with Gasteiger partial charge in [0, 0.05) is 11.1 Å². The molecule has 0 aliphatic carbocycles. The number of anilines is 4. The van der Waals surface area contributed by atoms with Crippen molar-refractivity contribution in [2.75, 3.05) is 20.9 Å². The van der Waals surface area contributed by atoms with Gasteiger partial charge in [-0.1, -0.05) is 47.5 Å². The van der Waals surface area contributed by atoms with Gasteiger partial charge in [-0.25, -0.2) is 26.9 Å². The second-order valence-corrected chi connectivity index (χ2v) is 14.7. The molecule has 0 saturated heterocycles. The van der Waals surface area contributed by atoms with Crippen molar-refractivity contribution >= 4 is 101 Å². The molecule has 2 heterocycles. The van der Waals surface area contributed by atoms with Crippen molar-refractivity contribution in [3.63, 3.8) is 0 Å². The molecule has 6 rings (SSSR count). The Kier molecular flexibility index (Phi) is 13.7. The van der Waals surface area contributed by atoms with Gasteiger partial charge in [0.15, 0.2) is 23.1 Å². The Labute approximate surface area is 364 Å². The van der Waals surface area contributed by atoms with Crippen LogP contribution in [0.25, 0.3) is 11.1 Å². The molecule has 54 heavy (non-hydrogen) atoms. The maximum Gasteiger partial charge on any atom is 1.00 e. The Hall–Kier alpha value is -3.50. The minimum atomic E-state index is -4.70. The molecule has 4 aromatic carbocycles. The number of amidine groups is 2. The molecule has 0 amide bonds. The average Bonchev–Trinajstić information content (AvgIpc) is 3.54. The van der Waals surface area contributed by atoms with E-state index in [4.69, 9.17) is 34.0 Å². The van der Waals surface area contributed by atoms with Crippen LogP contribution in [0.3, 0.4) is 0 Å². The molecule has 0 aromatic heterocycles. The Bertz CT molecular complexity index is 2380. The number of nitrogens with zero attached hydrogens (tertiary/aromatic N) is 6. The number of benzene rings is 4. The Morgan fingerprint density at radius 3 is 1.33 bits per heavy atom. The van der Waals surface area contributed by atoms with Gasteiger partial charge in [0.1, 0.15) is 20.2 Å². The van der Waals surface area contributed by atoms with E-state index in [9.17, 15) is 25.9 Å². The summed E-state index contributed by atoms with van der Waals surface area (Å²) >= 11 is 13.3. The van der Waals surface area contributed by atoms with E-state index in [1.54, 1.807) is 50.2 Å². The van der Waals surface area contributed by atoms with E-state index < -0.39 is 30.0 Å². The molecule has 266 valence electrons. The summed E-state index contributed by atoms with van der Waals surface area (Å²) in [6, 6.07) is 20.5. The van der Waals surface area contributed by atoms with Gasteiger partial charge in [-0.2, -0.15) is 20.4 Å². The van der Waals surface area contributed by atoms with E-state index in [0.717, 1.165) is 24.3 Å². The number of halogens is 2. The first kappa shape index (κ1) is 43.2. The van der Waals surface area contributed by atoms with E-state index in [-0.39, 0.29) is 93.6 Å². The predicted molar refractivity (Wildman–Crippen MR) is 199 cm³/mol. The van der Waals surface area contributed by atoms with Gasteiger partial charge in [0.25, 0.3) is 0 Å². The van der Waals surface area contributed by atoms with Crippen LogP contribution in [0.5, 0.6) is 0 Å². The van der Waals surface area contributed by atoms with Crippen molar-refractivity contribution in [3.8, 4) is 11.1 Å². The topological polar surface area (TPSA) is 242 Å². The van der Waals surface area contributed by atoms with E-state index in [2.05, 4.69) is 31.3 Å². The third kappa shape index (κ3) is 9.30. The monoisotopic (exact) mass is 824 g/mol. The zero-order chi connectivity index (χ0) is 37.5. The first-order valence-corrected chi connectivity index (χ1v) is 18.4. The first-order chi connectivity index (χ1) is 24.5. The fraction of sp³-hybridized carbons (Fsp3) is 0.0625. The van der Waals surface area contributed by atoms with E-state index in [1.807, 2.05) is 0 Å². The SMILES string of the molecule is CC1=NN(c2cccc(S(=O)(=O)[O-])c2)C(=N)C1=NNc1ccc(-c2ccc(NN=C3C(=N)N(c4cccc(S(=O)(=O)[O-])c4)N=C3C)cc2Cl)c(Cl)c1.[Na+].[Na+]. The molecular formula is C32H24Cl2N10Na2O6S2. The second kappa shape index (κ2) is 17.1. The maximum absolute atomic E-state index is 11.5. The van der Waals surface area contributed by atoms with Crippen molar-refractivity contribution in [3.05, 3.63) is 95.0 Å². The number of hydrogen-bond acceptors (Lipinski definition) is 14. The fourth-order valence-corrected chi connectivity index (χ4v) is 6.65. The van der Waals surface area contributed by atoms with Gasteiger partial charge in [0.2, 0.25) is 0 Å². The second-order valence-electron chi connectivity index (χ2n) is 11.1. The van der Waals surface area contributed by atoms with Crippen LogP contribution in [0.1, 0.15) is 13.8 Å². The third-order valence-corrected chi connectivity index (χ3v) is 9.87. The molecule has 0 atom stereocenters. The minimum absolute atomic E-state index is 0. The molecule has 0 unspecified atom stereocenters. The maximum atomic E-state index is 11.5. The molecule has 0 radical (unpaired) electrons. The van der Waals surface area contributed by atoms with Gasteiger partial charge >= 0.3 is 59.1 Å². The van der Waals surface area contributed by atoms with Crippen LogP contribution in [-0.2, 0) is 20.2 Å². The molecule has 22 heteroatoms. The van der Waals surface area contributed by atoms with Gasteiger partial charge in [-0.15, -0.1) is 0 Å². The van der Waals surface area contributed by atoms with Gasteiger partial charge in [0.05, 0.1) is 54.0 Å². The zero-order valence-electron chi connectivity index (χ0n) is 28.8. The Morgan fingerprint density at radius 2 is 1.00 bits per heavy atom. The third-order valence-electron chi connectivity index (χ3n) is 7.58. The number of rotatable bonds is 9. The quantitative estimate of drug-likeness (QED) is 0.0981. The summed E-state index contributed by atoms with van der Waals surface area (Å²) in [6.07, 6.45) is 0. The van der Waals surface area contributed by atoms with E-state index in [0.29, 0.717) is 44.0 Å². The van der Waals surface area contributed by atoms with Gasteiger partial charge < -0.3 is 9.11 Å². The summed E-state index contributed by atoms with van der Waals surface area (Å²) in [4.78, 5) is -0.896. The fourth-order valence-electron chi connectivity index (χ4n) is 5.07. The minimum Gasteiger partial charge on any atom is -0.744 e. The molecular weight excluding hydrogens is 801 g/mol. The summed E-state index contributed by atoms with van der Waals surface area (Å²) in [5.41, 5.74) is 9.38. The van der Waals surface area contributed by atoms with Crippen molar-refractivity contribution < 1.29 is 85.1 Å². The molecule has 4 N–H and O–H groups in total. The number of hydrazone groups is 4. The van der Waals surface area contributed by atoms with Crippen molar-refractivity contribution in [1.82, 2.24) is 0 Å². The van der Waals surface area contributed by atoms with Gasteiger partial charge in [-0.05, 0) is 74.5 Å². The summed E-state index contributed by atoms with van der Waals surface area (Å²) in [5, 5.41) is 37.2. The molecule has 0 saturated carbocycles. The Morgan fingerprint density at radius 1 is 0.630 bits per heavy atom. The van der Waals surface area contributed by atoms with Crippen LogP contribution >= 0.6 is 23.2 Å². The van der Waals surface area contributed by atoms with Gasteiger partial charge in [-0.3, -0.25) is 21.7 Å². The predicted octanol–water partition coefficient (Wildman–Crippen LogP) is -0.241. The van der Waals surface area contributed by atoms with E-state index >= 15 is 0 Å². The summed E-state index contributed by atoms with van der Waals surface area (Å²) < 4.78 is 68.8. The standard InChI is InChI=1S/C32H26Cl2N10O6S2.2Na/c1-17-29(31(35)43(41-17)21-5-3-7-23(15-21)51(45,46)47)39-37-19-9-11-25(27(33)13-19)26-12-10-20(14-28(26)34)38-40-30-18(2)42-44(32(30)36)22-6-4-8-24(16-22)52(48,49)50;;/h3-16,35-38H,1-2H3,(H,45,46,47)(H,48,49,50);;/q;2*+1/p-2. The van der Waals surface area contributed by atoms with Crippen LogP contribution in [0, 0.1) is 10.8 Å². The summed E-state index contributed by atoms with van der Waals surface area (Å²) in [7, 11) is -9.40. The van der Waals surface area contributed by atoms with E-state index in [1.165, 1.54) is 34.3 Å². The number of nitrogens with one attached hydrogen (secondary N) is 4.